The van der Waals surface area contributed by atoms with Gasteiger partial charge in [-0.2, -0.15) is 0 Å². The zero-order chi connectivity index (χ0) is 37.7. The Morgan fingerprint density at radius 1 is 0.830 bits per heavy atom. The van der Waals surface area contributed by atoms with E-state index >= 15 is 0 Å². The van der Waals surface area contributed by atoms with Gasteiger partial charge in [0.2, 0.25) is 0 Å². The molecular formula is C40H46N3O9P. The molecule has 4 aromatic carbocycles. The van der Waals surface area contributed by atoms with Gasteiger partial charge in [0, 0.05) is 0 Å². The summed E-state index contributed by atoms with van der Waals surface area (Å²) in [7, 11) is -3.09. The number of likely N-dealkylation sites (tertiary alicyclic amines) is 1. The summed E-state index contributed by atoms with van der Waals surface area (Å²) < 4.78 is 21.6. The summed E-state index contributed by atoms with van der Waals surface area (Å²) in [5, 5.41) is 5.56. The van der Waals surface area contributed by atoms with Gasteiger partial charge in [-0.25, -0.2) is 0 Å². The van der Waals surface area contributed by atoms with Crippen LogP contribution in [0.2, 0.25) is 0 Å². The van der Waals surface area contributed by atoms with Crippen LogP contribution in [0.5, 0.6) is 5.75 Å². The monoisotopic (exact) mass is 743 g/mol. The molecule has 12 nitrogen and oxygen atoms in total. The number of nitrogens with one attached hydrogen (secondary N) is 2. The zero-order valence-corrected chi connectivity index (χ0v) is 30.6. The Morgan fingerprint density at radius 2 is 1.40 bits per heavy atom. The molecule has 0 aromatic heterocycles. The molecule has 3 atom stereocenters. The summed E-state index contributed by atoms with van der Waals surface area (Å²) in [6.07, 6.45) is 2.65. The topological polar surface area (TPSA) is 156 Å². The second-order valence-corrected chi connectivity index (χ2v) is 15.6. The Labute approximate surface area is 309 Å². The molecular weight excluding hydrogens is 697 g/mol. The van der Waals surface area contributed by atoms with Gasteiger partial charge in [0.1, 0.15) is 0 Å². The van der Waals surface area contributed by atoms with Crippen LogP contribution < -0.4 is 15.2 Å². The molecule has 53 heavy (non-hydrogen) atoms. The molecule has 0 bridgehead atoms. The number of rotatable bonds is 16. The average molecular weight is 744 g/mol. The van der Waals surface area contributed by atoms with Crippen molar-refractivity contribution in [2.45, 2.75) is 49.7 Å². The molecule has 0 radical (unpaired) electrons. The van der Waals surface area contributed by atoms with Gasteiger partial charge in [0.25, 0.3) is 0 Å². The van der Waals surface area contributed by atoms with Gasteiger partial charge < -0.3 is 0 Å². The van der Waals surface area contributed by atoms with E-state index in [-0.39, 0.29) is 31.7 Å². The maximum absolute atomic E-state index is 14.8. The zero-order valence-electron chi connectivity index (χ0n) is 29.7. The Hall–Kier alpha value is -5.26. The van der Waals surface area contributed by atoms with Crippen LogP contribution in [0.1, 0.15) is 41.9 Å². The first kappa shape index (κ1) is 39.0. The third-order valence-corrected chi connectivity index (χ3v) is 11.7. The summed E-state index contributed by atoms with van der Waals surface area (Å²) >= 11 is 0. The van der Waals surface area contributed by atoms with Crippen molar-refractivity contribution in [2.75, 3.05) is 20.8 Å². The molecule has 1 saturated heterocycles. The maximum atomic E-state index is 14.8. The third-order valence-electron chi connectivity index (χ3n) is 9.04. The van der Waals surface area contributed by atoms with Gasteiger partial charge in [-0.15, -0.1) is 0 Å². The fraction of sp³-hybridized carbons (Fsp3) is 0.275. The standard InChI is InChI=1S/C40H46N3O9P/c1-49-28-16-26-35(53(47,48,50-2)52-33-23-13-6-14-24-33)41-38(44)34-25-15-27-43(34)39(45)37(42-40(46)51-29-30-17-7-3-8-18-30)36(31-19-9-4-10-20-31)32-21-11-5-12-22-32/h3-14,16-24,28,34-37,47-48H,15,25-27,29H2,1-2H3,(H,41,44)(H,42,46)/b28-16+/t34-,35-,37+/m0/s1. The number of para-hydroxylation sites is 1. The fourth-order valence-corrected chi connectivity index (χ4v) is 8.16. The summed E-state index contributed by atoms with van der Waals surface area (Å²) in [5.74, 6) is -3.18. The summed E-state index contributed by atoms with van der Waals surface area (Å²) in [5.41, 5.74) is 2.31. The van der Waals surface area contributed by atoms with Crippen LogP contribution in [0.3, 0.4) is 0 Å². The van der Waals surface area contributed by atoms with Crippen LogP contribution in [0.15, 0.2) is 134 Å². The van der Waals surface area contributed by atoms with Crippen LogP contribution in [-0.4, -0.2) is 71.2 Å². The normalized spacial score (nSPS) is 16.3. The molecule has 1 heterocycles. The number of carbonyl (C=O) groups is 3. The van der Waals surface area contributed by atoms with Gasteiger partial charge in [-0.05, 0) is 0 Å². The number of methoxy groups -OCH3 is 1. The van der Waals surface area contributed by atoms with Crippen molar-refractivity contribution in [3.05, 3.63) is 150 Å². The Bertz CT molecular complexity index is 1780. The van der Waals surface area contributed by atoms with Gasteiger partial charge >= 0.3 is 280 Å². The number of alkyl carbamates (subject to hydrolysis) is 1. The number of ether oxygens (including phenoxy) is 2. The molecule has 4 aromatic rings. The van der Waals surface area contributed by atoms with E-state index in [1.165, 1.54) is 36.5 Å². The number of benzene rings is 4. The molecule has 1 aliphatic heterocycles. The molecule has 1 fully saturated rings. The summed E-state index contributed by atoms with van der Waals surface area (Å²) in [4.78, 5) is 67.3. The van der Waals surface area contributed by atoms with Crippen LogP contribution in [-0.2, 0) is 30.2 Å². The van der Waals surface area contributed by atoms with Gasteiger partial charge in [0.15, 0.2) is 0 Å². The minimum absolute atomic E-state index is 0.0125. The Kier molecular flexibility index (Phi) is 13.2. The van der Waals surface area contributed by atoms with Crippen molar-refractivity contribution in [1.29, 1.82) is 0 Å². The average Bonchev–Trinajstić information content (AvgIpc) is 3.68. The van der Waals surface area contributed by atoms with E-state index in [1.54, 1.807) is 18.2 Å². The van der Waals surface area contributed by atoms with Gasteiger partial charge in [0.05, 0.1) is 0 Å². The predicted octanol–water partition coefficient (Wildman–Crippen LogP) is 6.02. The van der Waals surface area contributed by atoms with Gasteiger partial charge in [-0.1, -0.05) is 30.3 Å². The van der Waals surface area contributed by atoms with E-state index in [1.807, 2.05) is 91.0 Å². The van der Waals surface area contributed by atoms with E-state index in [0.717, 1.165) is 23.8 Å². The van der Waals surface area contributed by atoms with Crippen LogP contribution in [0, 0.1) is 0 Å². The Morgan fingerprint density at radius 3 is 1.96 bits per heavy atom. The number of nitrogens with zero attached hydrogens (tertiary/aromatic N) is 1. The second kappa shape index (κ2) is 18.0. The number of hydrogen-bond donors (Lipinski definition) is 4. The molecule has 3 amide bonds. The molecule has 280 valence electrons. The number of carbonyl (C=O) groups excluding carboxylic acids is 3. The predicted molar refractivity (Wildman–Crippen MR) is 201 cm³/mol. The van der Waals surface area contributed by atoms with E-state index in [9.17, 15) is 24.2 Å². The molecule has 0 saturated carbocycles. The van der Waals surface area contributed by atoms with Crippen LogP contribution >= 0.6 is 7.51 Å². The van der Waals surface area contributed by atoms with E-state index in [0.29, 0.717) is 6.42 Å². The first-order valence-electron chi connectivity index (χ1n) is 17.3. The molecule has 0 spiro atoms. The molecule has 0 unspecified atom stereocenters. The molecule has 4 N–H and O–H groups in total. The Balaban J connectivity index is 1.46. The fourth-order valence-electron chi connectivity index (χ4n) is 6.36. The summed E-state index contributed by atoms with van der Waals surface area (Å²) in [6, 6.07) is 33.7. The summed E-state index contributed by atoms with van der Waals surface area (Å²) in [6.45, 7) is 0.201. The van der Waals surface area contributed by atoms with Crippen LogP contribution in [0.25, 0.3) is 0 Å². The molecule has 13 heteroatoms. The SMILES string of the molecule is CO/C=C/C[C@@H](NC(=O)[C@@H]1CCCN1C(=O)[C@H](NC(=O)OCc1ccccc1)C(c1ccccc1)c1ccccc1)P(O)(O)(OC)Oc1ccccc1. The van der Waals surface area contributed by atoms with Crippen molar-refractivity contribution in [1.82, 2.24) is 15.5 Å². The van der Waals surface area contributed by atoms with Gasteiger partial charge in [-0.3, -0.25) is 0 Å². The molecule has 5 rings (SSSR count). The van der Waals surface area contributed by atoms with Crippen molar-refractivity contribution < 1.29 is 42.7 Å². The third kappa shape index (κ3) is 10.00. The van der Waals surface area contributed by atoms with Crippen molar-refractivity contribution in [3.63, 3.8) is 0 Å². The van der Waals surface area contributed by atoms with Crippen molar-refractivity contribution >= 4 is 25.4 Å². The van der Waals surface area contributed by atoms with E-state index in [4.69, 9.17) is 18.5 Å². The first-order valence-corrected chi connectivity index (χ1v) is 19.3. The minimum atomic E-state index is -5.61. The van der Waals surface area contributed by atoms with Crippen molar-refractivity contribution in [3.8, 4) is 5.75 Å². The van der Waals surface area contributed by atoms with Crippen molar-refractivity contribution in [2.24, 2.45) is 0 Å². The quantitative estimate of drug-likeness (QED) is 0.0797. The second-order valence-electron chi connectivity index (χ2n) is 12.6. The van der Waals surface area contributed by atoms with E-state index < -0.39 is 49.2 Å². The van der Waals surface area contributed by atoms with Crippen LogP contribution in [0.4, 0.5) is 4.79 Å². The number of hydrogen-bond acceptors (Lipinski definition) is 9. The molecule has 1 aliphatic rings. The van der Waals surface area contributed by atoms with E-state index in [2.05, 4.69) is 10.6 Å². The first-order chi connectivity index (χ1) is 25.6. The molecule has 0 aliphatic carbocycles. The number of amides is 3.